The Morgan fingerprint density at radius 2 is 1.95 bits per heavy atom. The van der Waals surface area contributed by atoms with Gasteiger partial charge in [0.1, 0.15) is 11.2 Å². The van der Waals surface area contributed by atoms with Crippen molar-refractivity contribution in [2.45, 2.75) is 84.5 Å². The molecule has 112 valence electrons. The van der Waals surface area contributed by atoms with Gasteiger partial charge in [0.2, 0.25) is 0 Å². The van der Waals surface area contributed by atoms with Gasteiger partial charge >= 0.3 is 0 Å². The molecule has 3 saturated carbocycles. The summed E-state index contributed by atoms with van der Waals surface area (Å²) >= 11 is 0. The van der Waals surface area contributed by atoms with E-state index in [0.717, 1.165) is 12.3 Å². The summed E-state index contributed by atoms with van der Waals surface area (Å²) in [5.74, 6) is 1.45. The highest BCUT2D eigenvalue weighted by Crippen LogP contribution is 2.63. The fraction of sp³-hybridized carbons (Fsp3) is 1.00. The van der Waals surface area contributed by atoms with Crippen LogP contribution in [-0.4, -0.2) is 22.4 Å². The molecule has 0 aromatic heterocycles. The van der Waals surface area contributed by atoms with Crippen LogP contribution < -0.4 is 0 Å². The second-order valence-electron chi connectivity index (χ2n) is 8.14. The van der Waals surface area contributed by atoms with Gasteiger partial charge in [-0.25, -0.2) is 9.78 Å². The first-order valence-electron chi connectivity index (χ1n) is 7.62. The zero-order valence-electron chi connectivity index (χ0n) is 13.3. The van der Waals surface area contributed by atoms with Crippen molar-refractivity contribution in [1.29, 1.82) is 0 Å². The molecule has 0 radical (unpaired) electrons. The highest BCUT2D eigenvalue weighted by atomic mass is 17.2. The number of aliphatic hydroxyl groups is 1. The molecule has 3 fully saturated rings. The van der Waals surface area contributed by atoms with E-state index in [0.29, 0.717) is 17.8 Å². The summed E-state index contributed by atoms with van der Waals surface area (Å²) in [6, 6.07) is 0. The van der Waals surface area contributed by atoms with Crippen molar-refractivity contribution in [3.63, 3.8) is 0 Å². The van der Waals surface area contributed by atoms with E-state index in [2.05, 4.69) is 20.8 Å². The van der Waals surface area contributed by atoms with Gasteiger partial charge in [-0.05, 0) is 64.2 Å². The van der Waals surface area contributed by atoms with Crippen LogP contribution in [0.4, 0.5) is 0 Å². The molecule has 0 aliphatic heterocycles. The van der Waals surface area contributed by atoms with Gasteiger partial charge in [-0.3, -0.25) is 0 Å². The zero-order valence-corrected chi connectivity index (χ0v) is 13.3. The summed E-state index contributed by atoms with van der Waals surface area (Å²) in [4.78, 5) is 11.6. The Kier molecular flexibility index (Phi) is 3.79. The maximum Gasteiger partial charge on any atom is 0.104 e. The quantitative estimate of drug-likeness (QED) is 0.611. The first-order valence-corrected chi connectivity index (χ1v) is 7.62. The van der Waals surface area contributed by atoms with E-state index < -0.39 is 5.60 Å². The van der Waals surface area contributed by atoms with E-state index in [4.69, 9.17) is 9.78 Å². The Balaban J connectivity index is 1.95. The smallest absolute Gasteiger partial charge is 0.104 e. The lowest BCUT2D eigenvalue weighted by atomic mass is 9.44. The van der Waals surface area contributed by atoms with Crippen molar-refractivity contribution in [3.05, 3.63) is 0 Å². The minimum absolute atomic E-state index is 0.172. The molecule has 19 heavy (non-hydrogen) atoms. The zero-order chi connectivity index (χ0) is 14.5. The highest BCUT2D eigenvalue weighted by molar-refractivity contribution is 5.09. The third-order valence-electron chi connectivity index (χ3n) is 5.44. The minimum atomic E-state index is -0.443. The van der Waals surface area contributed by atoms with Gasteiger partial charge in [0.05, 0.1) is 6.10 Å². The van der Waals surface area contributed by atoms with Crippen molar-refractivity contribution >= 4 is 0 Å². The molecule has 3 nitrogen and oxygen atoms in total. The van der Waals surface area contributed by atoms with Gasteiger partial charge in [0, 0.05) is 6.42 Å². The van der Waals surface area contributed by atoms with Gasteiger partial charge in [0.25, 0.3) is 0 Å². The lowest BCUT2D eigenvalue weighted by Gasteiger charge is -2.63. The molecule has 0 heterocycles. The summed E-state index contributed by atoms with van der Waals surface area (Å²) in [6.45, 7) is 12.6. The van der Waals surface area contributed by atoms with Crippen molar-refractivity contribution in [2.75, 3.05) is 0 Å². The molecule has 4 unspecified atom stereocenters. The predicted octanol–water partition coefficient (Wildman–Crippen LogP) is 3.70. The Hall–Kier alpha value is -0.120. The Labute approximate surface area is 117 Å². The molecular formula is C16H30O3. The molecule has 2 bridgehead atoms. The van der Waals surface area contributed by atoms with Crippen LogP contribution in [0.15, 0.2) is 0 Å². The molecule has 0 aromatic rings. The third kappa shape index (κ3) is 2.84. The average Bonchev–Trinajstić information content (AvgIpc) is 2.24. The standard InChI is InChI=1S/C16H30O3/c1-11(17)10-14(2,3)18-19-16(6)8-7-12-9-13(16)15(12,4)5/h11-13,17H,7-10H2,1-6H3. The molecule has 4 atom stereocenters. The lowest BCUT2D eigenvalue weighted by Crippen LogP contribution is -2.61. The second kappa shape index (κ2) is 4.71. The highest BCUT2D eigenvalue weighted by Gasteiger charge is 2.60. The monoisotopic (exact) mass is 270 g/mol. The predicted molar refractivity (Wildman–Crippen MR) is 75.6 cm³/mol. The van der Waals surface area contributed by atoms with Crippen LogP contribution in [0.5, 0.6) is 0 Å². The number of hydrogen-bond donors (Lipinski definition) is 1. The SMILES string of the molecule is CC(O)CC(C)(C)OOC1(C)CCC2CC1C2(C)C. The van der Waals surface area contributed by atoms with E-state index >= 15 is 0 Å². The van der Waals surface area contributed by atoms with Crippen molar-refractivity contribution < 1.29 is 14.9 Å². The van der Waals surface area contributed by atoms with E-state index in [-0.39, 0.29) is 11.7 Å². The summed E-state index contributed by atoms with van der Waals surface area (Å²) in [6.07, 6.45) is 3.79. The topological polar surface area (TPSA) is 38.7 Å². The summed E-state index contributed by atoms with van der Waals surface area (Å²) in [5.41, 5.74) is -0.235. The third-order valence-corrected chi connectivity index (χ3v) is 5.44. The number of rotatable bonds is 5. The Morgan fingerprint density at radius 3 is 2.42 bits per heavy atom. The fourth-order valence-corrected chi connectivity index (χ4v) is 4.23. The first-order chi connectivity index (χ1) is 8.57. The molecule has 0 amide bonds. The molecule has 0 spiro atoms. The van der Waals surface area contributed by atoms with Crippen molar-refractivity contribution in [3.8, 4) is 0 Å². The Morgan fingerprint density at radius 1 is 1.32 bits per heavy atom. The van der Waals surface area contributed by atoms with Crippen molar-refractivity contribution in [2.24, 2.45) is 17.3 Å². The molecule has 3 rings (SSSR count). The molecule has 3 aliphatic rings. The minimum Gasteiger partial charge on any atom is -0.393 e. The van der Waals surface area contributed by atoms with E-state index in [1.54, 1.807) is 6.92 Å². The van der Waals surface area contributed by atoms with Crippen LogP contribution in [0.2, 0.25) is 0 Å². The van der Waals surface area contributed by atoms with Gasteiger partial charge in [0.15, 0.2) is 0 Å². The molecule has 3 heteroatoms. The van der Waals surface area contributed by atoms with Crippen LogP contribution in [0.1, 0.15) is 67.2 Å². The first kappa shape index (κ1) is 15.3. The van der Waals surface area contributed by atoms with Crippen molar-refractivity contribution in [1.82, 2.24) is 0 Å². The summed E-state index contributed by atoms with van der Waals surface area (Å²) in [7, 11) is 0. The lowest BCUT2D eigenvalue weighted by molar-refractivity contribution is -0.437. The van der Waals surface area contributed by atoms with Crippen LogP contribution in [-0.2, 0) is 9.78 Å². The summed E-state index contributed by atoms with van der Waals surface area (Å²) < 4.78 is 0. The summed E-state index contributed by atoms with van der Waals surface area (Å²) in [5, 5.41) is 9.50. The van der Waals surface area contributed by atoms with Crippen LogP contribution in [0.25, 0.3) is 0 Å². The van der Waals surface area contributed by atoms with Gasteiger partial charge < -0.3 is 5.11 Å². The largest absolute Gasteiger partial charge is 0.393 e. The average molecular weight is 270 g/mol. The van der Waals surface area contributed by atoms with E-state index in [1.807, 2.05) is 13.8 Å². The maximum absolute atomic E-state index is 9.50. The van der Waals surface area contributed by atoms with Crippen LogP contribution in [0, 0.1) is 17.3 Å². The molecule has 1 N–H and O–H groups in total. The second-order valence-corrected chi connectivity index (χ2v) is 8.14. The molecular weight excluding hydrogens is 240 g/mol. The normalized spacial score (nSPS) is 38.7. The number of hydrogen-bond acceptors (Lipinski definition) is 3. The van der Waals surface area contributed by atoms with Gasteiger partial charge in [-0.2, -0.15) is 0 Å². The maximum atomic E-state index is 9.50. The number of aliphatic hydroxyl groups excluding tert-OH is 1. The van der Waals surface area contributed by atoms with Gasteiger partial charge in [-0.1, -0.05) is 13.8 Å². The molecule has 0 aromatic carbocycles. The molecule has 3 aliphatic carbocycles. The fourth-order valence-electron chi connectivity index (χ4n) is 4.23. The number of fused-ring (bicyclic) bond motifs is 2. The Bertz CT molecular complexity index is 333. The van der Waals surface area contributed by atoms with Gasteiger partial charge in [-0.15, -0.1) is 0 Å². The van der Waals surface area contributed by atoms with E-state index in [9.17, 15) is 5.11 Å². The van der Waals surface area contributed by atoms with Crippen LogP contribution >= 0.6 is 0 Å². The molecule has 0 saturated heterocycles. The van der Waals surface area contributed by atoms with E-state index in [1.165, 1.54) is 12.8 Å². The van der Waals surface area contributed by atoms with Crippen LogP contribution in [0.3, 0.4) is 0 Å².